The summed E-state index contributed by atoms with van der Waals surface area (Å²) >= 11 is 0. The third-order valence-electron chi connectivity index (χ3n) is 3.52. The van der Waals surface area contributed by atoms with Crippen LogP contribution in [-0.4, -0.2) is 42.6 Å². The highest BCUT2D eigenvalue weighted by molar-refractivity contribution is 5.37. The van der Waals surface area contributed by atoms with Gasteiger partial charge in [0.2, 0.25) is 5.95 Å². The van der Waals surface area contributed by atoms with E-state index in [4.69, 9.17) is 4.74 Å². The van der Waals surface area contributed by atoms with Crippen molar-refractivity contribution in [2.24, 2.45) is 0 Å². The lowest BCUT2D eigenvalue weighted by molar-refractivity contribution is -0.141. The lowest BCUT2D eigenvalue weighted by atomic mass is 10.0. The molecule has 0 amide bonds. The van der Waals surface area contributed by atoms with Crippen molar-refractivity contribution in [1.29, 1.82) is 0 Å². The number of ether oxygens (including phenoxy) is 1. The van der Waals surface area contributed by atoms with Crippen LogP contribution in [0.2, 0.25) is 0 Å². The number of rotatable bonds is 6. The van der Waals surface area contributed by atoms with Crippen LogP contribution >= 0.6 is 0 Å². The molecule has 1 aromatic carbocycles. The van der Waals surface area contributed by atoms with Crippen molar-refractivity contribution in [2.75, 3.05) is 33.1 Å². The van der Waals surface area contributed by atoms with Crippen LogP contribution in [0.25, 0.3) is 0 Å². The molecule has 0 bridgehead atoms. The molecule has 5 nitrogen and oxygen atoms in total. The molecule has 0 aliphatic heterocycles. The Kier molecular flexibility index (Phi) is 5.61. The number of benzene rings is 1. The summed E-state index contributed by atoms with van der Waals surface area (Å²) in [6.07, 6.45) is -3.41. The number of para-hydroxylation sites is 1. The zero-order chi connectivity index (χ0) is 17.7. The summed E-state index contributed by atoms with van der Waals surface area (Å²) in [5.74, 6) is 0.648. The number of nitrogens with one attached hydrogen (secondary N) is 1. The van der Waals surface area contributed by atoms with E-state index in [0.29, 0.717) is 12.3 Å². The molecule has 0 aliphatic carbocycles. The molecule has 1 aromatic heterocycles. The molecule has 8 heteroatoms. The van der Waals surface area contributed by atoms with Gasteiger partial charge in [-0.2, -0.15) is 13.2 Å². The van der Waals surface area contributed by atoms with Gasteiger partial charge in [-0.25, -0.2) is 9.97 Å². The summed E-state index contributed by atoms with van der Waals surface area (Å²) in [4.78, 5) is 9.31. The number of hydrogen-bond donors (Lipinski definition) is 1. The van der Waals surface area contributed by atoms with Crippen molar-refractivity contribution < 1.29 is 17.9 Å². The summed E-state index contributed by atoms with van der Waals surface area (Å²) in [7, 11) is 5.34. The molecule has 0 fully saturated rings. The maximum absolute atomic E-state index is 12.7. The zero-order valence-corrected chi connectivity index (χ0v) is 13.6. The van der Waals surface area contributed by atoms with Gasteiger partial charge in [0.1, 0.15) is 11.4 Å². The van der Waals surface area contributed by atoms with Gasteiger partial charge < -0.3 is 15.0 Å². The number of hydrogen-bond acceptors (Lipinski definition) is 5. The van der Waals surface area contributed by atoms with Crippen LogP contribution in [-0.2, 0) is 6.18 Å². The Morgan fingerprint density at radius 2 is 1.92 bits per heavy atom. The fourth-order valence-corrected chi connectivity index (χ4v) is 2.30. The molecule has 0 saturated carbocycles. The number of methoxy groups -OCH3 is 1. The summed E-state index contributed by atoms with van der Waals surface area (Å²) in [6, 6.07) is 8.21. The minimum absolute atomic E-state index is 0.0634. The van der Waals surface area contributed by atoms with Gasteiger partial charge in [0, 0.05) is 18.3 Å². The van der Waals surface area contributed by atoms with Crippen LogP contribution < -0.4 is 10.1 Å². The first kappa shape index (κ1) is 18.0. The Balaban J connectivity index is 2.18. The topological polar surface area (TPSA) is 50.3 Å². The zero-order valence-electron chi connectivity index (χ0n) is 13.6. The lowest BCUT2D eigenvalue weighted by Crippen LogP contribution is -2.28. The predicted molar refractivity (Wildman–Crippen MR) is 84.9 cm³/mol. The van der Waals surface area contributed by atoms with Crippen molar-refractivity contribution in [3.8, 4) is 5.75 Å². The number of anilines is 1. The van der Waals surface area contributed by atoms with Gasteiger partial charge in [-0.15, -0.1) is 0 Å². The molecule has 1 atom stereocenters. The van der Waals surface area contributed by atoms with Gasteiger partial charge in [0.15, 0.2) is 0 Å². The Bertz CT molecular complexity index is 676. The third kappa shape index (κ3) is 4.35. The van der Waals surface area contributed by atoms with Gasteiger partial charge in [0.05, 0.1) is 13.2 Å². The molecule has 0 aliphatic rings. The highest BCUT2D eigenvalue weighted by Crippen LogP contribution is 2.29. The van der Waals surface area contributed by atoms with Crippen molar-refractivity contribution in [3.63, 3.8) is 0 Å². The predicted octanol–water partition coefficient (Wildman–Crippen LogP) is 3.22. The minimum atomic E-state index is -4.50. The molecule has 2 aromatic rings. The minimum Gasteiger partial charge on any atom is -0.496 e. The van der Waals surface area contributed by atoms with E-state index in [1.165, 1.54) is 0 Å². The second kappa shape index (κ2) is 7.48. The van der Waals surface area contributed by atoms with Crippen LogP contribution in [0.15, 0.2) is 36.5 Å². The van der Waals surface area contributed by atoms with E-state index < -0.39 is 11.9 Å². The number of likely N-dealkylation sites (N-methyl/N-ethyl adjacent to an activating group) is 1. The fraction of sp³-hybridized carbons (Fsp3) is 0.375. The van der Waals surface area contributed by atoms with Crippen LogP contribution in [0, 0.1) is 0 Å². The number of alkyl halides is 3. The Hall–Kier alpha value is -2.35. The molecule has 130 valence electrons. The first-order chi connectivity index (χ1) is 11.3. The summed E-state index contributed by atoms with van der Waals surface area (Å²) in [5, 5.41) is 2.87. The monoisotopic (exact) mass is 340 g/mol. The maximum atomic E-state index is 12.7. The van der Waals surface area contributed by atoms with Crippen LogP contribution in [0.4, 0.5) is 19.1 Å². The molecule has 0 radical (unpaired) electrons. The Morgan fingerprint density at radius 1 is 1.21 bits per heavy atom. The van der Waals surface area contributed by atoms with E-state index in [-0.39, 0.29) is 12.0 Å². The van der Waals surface area contributed by atoms with Gasteiger partial charge in [-0.1, -0.05) is 18.2 Å². The second-order valence-corrected chi connectivity index (χ2v) is 5.37. The molecule has 24 heavy (non-hydrogen) atoms. The van der Waals surface area contributed by atoms with E-state index >= 15 is 0 Å². The normalized spacial score (nSPS) is 13.0. The Labute approximate surface area is 138 Å². The molecule has 1 unspecified atom stereocenters. The van der Waals surface area contributed by atoms with Crippen molar-refractivity contribution in [2.45, 2.75) is 12.2 Å². The molecular formula is C16H19F3N4O. The van der Waals surface area contributed by atoms with Crippen LogP contribution in [0.1, 0.15) is 17.3 Å². The maximum Gasteiger partial charge on any atom is 0.433 e. The molecular weight excluding hydrogens is 321 g/mol. The first-order valence-corrected chi connectivity index (χ1v) is 7.26. The van der Waals surface area contributed by atoms with Crippen LogP contribution in [0.3, 0.4) is 0 Å². The van der Waals surface area contributed by atoms with E-state index in [1.54, 1.807) is 7.11 Å². The van der Waals surface area contributed by atoms with Crippen molar-refractivity contribution in [1.82, 2.24) is 14.9 Å². The van der Waals surface area contributed by atoms with Gasteiger partial charge in [0.25, 0.3) is 0 Å². The molecule has 1 heterocycles. The summed E-state index contributed by atoms with van der Waals surface area (Å²) in [5.41, 5.74) is -0.0526. The van der Waals surface area contributed by atoms with Gasteiger partial charge in [-0.3, -0.25) is 0 Å². The molecule has 1 N–H and O–H groups in total. The van der Waals surface area contributed by atoms with E-state index in [2.05, 4.69) is 15.3 Å². The summed E-state index contributed by atoms with van der Waals surface area (Å²) < 4.78 is 43.5. The SMILES string of the molecule is COc1ccccc1C(CNc1nccc(C(F)(F)F)n1)N(C)C. The van der Waals surface area contributed by atoms with E-state index in [1.807, 2.05) is 43.3 Å². The van der Waals surface area contributed by atoms with Crippen molar-refractivity contribution in [3.05, 3.63) is 47.8 Å². The highest BCUT2D eigenvalue weighted by Gasteiger charge is 2.32. The largest absolute Gasteiger partial charge is 0.496 e. The quantitative estimate of drug-likeness (QED) is 0.875. The van der Waals surface area contributed by atoms with Gasteiger partial charge in [-0.05, 0) is 26.2 Å². The third-order valence-corrected chi connectivity index (χ3v) is 3.52. The van der Waals surface area contributed by atoms with E-state index in [9.17, 15) is 13.2 Å². The number of nitrogens with zero attached hydrogens (tertiary/aromatic N) is 3. The van der Waals surface area contributed by atoms with Gasteiger partial charge >= 0.3 is 6.18 Å². The second-order valence-electron chi connectivity index (χ2n) is 5.37. The number of halogens is 3. The average Bonchev–Trinajstić information content (AvgIpc) is 2.54. The fourth-order valence-electron chi connectivity index (χ4n) is 2.30. The summed E-state index contributed by atoms with van der Waals surface area (Å²) in [6.45, 7) is 0.328. The standard InChI is InChI=1S/C16H19F3N4O/c1-23(2)12(11-6-4-5-7-13(11)24-3)10-21-15-20-9-8-14(22-15)16(17,18)19/h4-9,12H,10H2,1-3H3,(H,20,21,22). The smallest absolute Gasteiger partial charge is 0.433 e. The molecule has 0 saturated heterocycles. The lowest BCUT2D eigenvalue weighted by Gasteiger charge is -2.26. The van der Waals surface area contributed by atoms with Crippen molar-refractivity contribution >= 4 is 5.95 Å². The molecule has 2 rings (SSSR count). The van der Waals surface area contributed by atoms with E-state index in [0.717, 1.165) is 17.8 Å². The van der Waals surface area contributed by atoms with Crippen LogP contribution in [0.5, 0.6) is 5.75 Å². The first-order valence-electron chi connectivity index (χ1n) is 7.26. The average molecular weight is 340 g/mol. The highest BCUT2D eigenvalue weighted by atomic mass is 19.4. The Morgan fingerprint density at radius 3 is 2.54 bits per heavy atom. The number of aromatic nitrogens is 2. The molecule has 0 spiro atoms.